The first-order chi connectivity index (χ1) is 9.69. The Kier molecular flexibility index (Phi) is 5.16. The summed E-state index contributed by atoms with van der Waals surface area (Å²) in [4.78, 5) is 14.8. The topological polar surface area (TPSA) is 88.2 Å². The number of nitrogens with one attached hydrogen (secondary N) is 1. The zero-order chi connectivity index (χ0) is 16.3. The number of amides is 1. The van der Waals surface area contributed by atoms with E-state index in [1.165, 1.54) is 0 Å². The molecule has 0 radical (unpaired) electrons. The minimum Gasteiger partial charge on any atom is -0.394 e. The van der Waals surface area contributed by atoms with Gasteiger partial charge in [-0.05, 0) is 25.0 Å². The first-order valence-corrected chi connectivity index (χ1v) is 6.46. The second-order valence-electron chi connectivity index (χ2n) is 4.73. The van der Waals surface area contributed by atoms with Crippen LogP contribution in [0.3, 0.4) is 0 Å². The molecule has 0 unspecified atom stereocenters. The van der Waals surface area contributed by atoms with Crippen molar-refractivity contribution in [2.75, 3.05) is 11.9 Å². The highest BCUT2D eigenvalue weighted by molar-refractivity contribution is 5.97. The van der Waals surface area contributed by atoms with Crippen LogP contribution in [0.5, 0.6) is 0 Å². The molecule has 0 aliphatic heterocycles. The summed E-state index contributed by atoms with van der Waals surface area (Å²) in [5.74, 6) is -1.16. The molecule has 0 aromatic carbocycles. The van der Waals surface area contributed by atoms with E-state index >= 15 is 0 Å². The Balaban J connectivity index is 3.33. The summed E-state index contributed by atoms with van der Waals surface area (Å²) in [6.07, 6.45) is -3.75. The predicted molar refractivity (Wildman–Crippen MR) is 71.8 cm³/mol. The van der Waals surface area contributed by atoms with E-state index in [0.717, 1.165) is 6.07 Å². The lowest BCUT2D eigenvalue weighted by atomic mass is 9.93. The predicted octanol–water partition coefficient (Wildman–Crippen LogP) is 2.16. The van der Waals surface area contributed by atoms with Crippen LogP contribution in [0, 0.1) is 0 Å². The summed E-state index contributed by atoms with van der Waals surface area (Å²) in [6, 6.07) is 1.68. The Morgan fingerprint density at radius 2 is 1.90 bits per heavy atom. The Morgan fingerprint density at radius 3 is 2.29 bits per heavy atom. The van der Waals surface area contributed by atoms with Crippen LogP contribution >= 0.6 is 0 Å². The number of aliphatic hydroxyl groups excluding tert-OH is 1. The quantitative estimate of drug-likeness (QED) is 0.751. The van der Waals surface area contributed by atoms with Gasteiger partial charge in [-0.15, -0.1) is 0 Å². The second kappa shape index (κ2) is 6.30. The van der Waals surface area contributed by atoms with Gasteiger partial charge in [0.25, 0.3) is 5.91 Å². The number of anilines is 1. The maximum absolute atomic E-state index is 12.7. The number of nitrogens with zero attached hydrogens (tertiary/aromatic N) is 1. The van der Waals surface area contributed by atoms with Crippen LogP contribution in [-0.4, -0.2) is 28.1 Å². The number of pyridine rings is 1. The summed E-state index contributed by atoms with van der Waals surface area (Å²) in [7, 11) is 0. The fourth-order valence-corrected chi connectivity index (χ4v) is 1.85. The first-order valence-electron chi connectivity index (χ1n) is 6.46. The molecule has 0 aliphatic carbocycles. The fraction of sp³-hybridized carbons (Fsp3) is 0.538. The summed E-state index contributed by atoms with van der Waals surface area (Å²) in [5.41, 5.74) is 3.01. The Morgan fingerprint density at radius 1 is 1.33 bits per heavy atom. The Bertz CT molecular complexity index is 506. The molecule has 5 nitrogen and oxygen atoms in total. The molecule has 8 heteroatoms. The van der Waals surface area contributed by atoms with Gasteiger partial charge in [0, 0.05) is 0 Å². The molecule has 1 heterocycles. The monoisotopic (exact) mass is 305 g/mol. The molecular formula is C13H18F3N3O2. The lowest BCUT2D eigenvalue weighted by Crippen LogP contribution is -2.42. The third-order valence-corrected chi connectivity index (χ3v) is 3.49. The SMILES string of the molecule is CCC(CC)(CO)Nc1nc(C(F)(F)F)ccc1C(N)=O. The number of hydrogen-bond donors (Lipinski definition) is 3. The first kappa shape index (κ1) is 17.2. The van der Waals surface area contributed by atoms with Crippen LogP contribution in [0.15, 0.2) is 12.1 Å². The van der Waals surface area contributed by atoms with E-state index in [1.807, 2.05) is 0 Å². The van der Waals surface area contributed by atoms with Crippen LogP contribution in [0.4, 0.5) is 19.0 Å². The lowest BCUT2D eigenvalue weighted by Gasteiger charge is -2.32. The molecule has 21 heavy (non-hydrogen) atoms. The van der Waals surface area contributed by atoms with E-state index in [9.17, 15) is 23.1 Å². The number of nitrogens with two attached hydrogens (primary N) is 1. The zero-order valence-corrected chi connectivity index (χ0v) is 11.8. The zero-order valence-electron chi connectivity index (χ0n) is 11.8. The molecular weight excluding hydrogens is 287 g/mol. The number of aliphatic hydroxyl groups is 1. The number of aromatic nitrogens is 1. The highest BCUT2D eigenvalue weighted by atomic mass is 19.4. The number of halogens is 3. The van der Waals surface area contributed by atoms with Crippen molar-refractivity contribution >= 4 is 11.7 Å². The Labute approximate surface area is 120 Å². The van der Waals surface area contributed by atoms with Gasteiger partial charge in [0.1, 0.15) is 11.5 Å². The molecule has 0 bridgehead atoms. The van der Waals surface area contributed by atoms with Gasteiger partial charge in [-0.3, -0.25) is 4.79 Å². The van der Waals surface area contributed by atoms with Crippen LogP contribution in [-0.2, 0) is 6.18 Å². The van der Waals surface area contributed by atoms with E-state index in [2.05, 4.69) is 10.3 Å². The van der Waals surface area contributed by atoms with Crippen molar-refractivity contribution in [1.29, 1.82) is 0 Å². The van der Waals surface area contributed by atoms with Gasteiger partial charge in [0.2, 0.25) is 0 Å². The average Bonchev–Trinajstić information content (AvgIpc) is 2.43. The second-order valence-corrected chi connectivity index (χ2v) is 4.73. The number of primary amides is 1. The smallest absolute Gasteiger partial charge is 0.394 e. The van der Waals surface area contributed by atoms with Gasteiger partial charge in [0.05, 0.1) is 17.7 Å². The standard InChI is InChI=1S/C13H18F3N3O2/c1-3-12(4-2,7-20)19-11-8(10(17)21)5-6-9(18-11)13(14,15)16/h5-6,20H,3-4,7H2,1-2H3,(H2,17,21)(H,18,19). The molecule has 118 valence electrons. The van der Waals surface area contributed by atoms with E-state index in [0.29, 0.717) is 18.9 Å². The van der Waals surface area contributed by atoms with Crippen LogP contribution < -0.4 is 11.1 Å². The highest BCUT2D eigenvalue weighted by Crippen LogP contribution is 2.31. The van der Waals surface area contributed by atoms with E-state index in [1.54, 1.807) is 13.8 Å². The summed E-state index contributed by atoms with van der Waals surface area (Å²) >= 11 is 0. The van der Waals surface area contributed by atoms with Crippen molar-refractivity contribution in [3.8, 4) is 0 Å². The minimum atomic E-state index is -4.63. The van der Waals surface area contributed by atoms with Crippen molar-refractivity contribution in [1.82, 2.24) is 4.98 Å². The molecule has 1 amide bonds. The molecule has 0 saturated carbocycles. The third kappa shape index (κ3) is 3.84. The number of rotatable bonds is 6. The van der Waals surface area contributed by atoms with E-state index in [4.69, 9.17) is 5.73 Å². The normalized spacial score (nSPS) is 12.3. The van der Waals surface area contributed by atoms with Gasteiger partial charge in [-0.25, -0.2) is 4.98 Å². The maximum atomic E-state index is 12.7. The molecule has 0 spiro atoms. The molecule has 1 aromatic rings. The van der Waals surface area contributed by atoms with Crippen molar-refractivity contribution < 1.29 is 23.1 Å². The van der Waals surface area contributed by atoms with Crippen molar-refractivity contribution in [3.63, 3.8) is 0 Å². The van der Waals surface area contributed by atoms with Crippen molar-refractivity contribution in [2.24, 2.45) is 5.73 Å². The van der Waals surface area contributed by atoms with E-state index in [-0.39, 0.29) is 18.0 Å². The van der Waals surface area contributed by atoms with Gasteiger partial charge in [-0.2, -0.15) is 13.2 Å². The maximum Gasteiger partial charge on any atom is 0.433 e. The molecule has 0 atom stereocenters. The largest absolute Gasteiger partial charge is 0.433 e. The summed E-state index contributed by atoms with van der Waals surface area (Å²) in [5, 5.41) is 12.2. The van der Waals surface area contributed by atoms with Gasteiger partial charge in [-0.1, -0.05) is 13.8 Å². The van der Waals surface area contributed by atoms with E-state index < -0.39 is 23.3 Å². The molecule has 4 N–H and O–H groups in total. The molecule has 1 rings (SSSR count). The molecule has 0 fully saturated rings. The van der Waals surface area contributed by atoms with Gasteiger partial charge >= 0.3 is 6.18 Å². The fourth-order valence-electron chi connectivity index (χ4n) is 1.85. The number of carbonyl (C=O) groups is 1. The lowest BCUT2D eigenvalue weighted by molar-refractivity contribution is -0.141. The van der Waals surface area contributed by atoms with Crippen molar-refractivity contribution in [2.45, 2.75) is 38.4 Å². The van der Waals surface area contributed by atoms with Gasteiger partial charge in [0.15, 0.2) is 0 Å². The number of alkyl halides is 3. The molecule has 1 aromatic heterocycles. The Hall–Kier alpha value is -1.83. The highest BCUT2D eigenvalue weighted by Gasteiger charge is 2.34. The third-order valence-electron chi connectivity index (χ3n) is 3.49. The van der Waals surface area contributed by atoms with Crippen LogP contribution in [0.25, 0.3) is 0 Å². The number of hydrogen-bond acceptors (Lipinski definition) is 4. The number of carbonyl (C=O) groups excluding carboxylic acids is 1. The van der Waals surface area contributed by atoms with Crippen LogP contribution in [0.1, 0.15) is 42.7 Å². The average molecular weight is 305 g/mol. The summed E-state index contributed by atoms with van der Waals surface area (Å²) < 4.78 is 38.2. The minimum absolute atomic E-state index is 0.150. The molecule has 0 aliphatic rings. The van der Waals surface area contributed by atoms with Gasteiger partial charge < -0.3 is 16.2 Å². The molecule has 0 saturated heterocycles. The van der Waals surface area contributed by atoms with Crippen LogP contribution in [0.2, 0.25) is 0 Å². The summed E-state index contributed by atoms with van der Waals surface area (Å²) in [6.45, 7) is 3.23. The van der Waals surface area contributed by atoms with Crippen molar-refractivity contribution in [3.05, 3.63) is 23.4 Å².